The van der Waals surface area contributed by atoms with Crippen LogP contribution < -0.4 is 10.1 Å². The van der Waals surface area contributed by atoms with Crippen molar-refractivity contribution in [3.05, 3.63) is 65.2 Å². The number of amides is 2. The fraction of sp³-hybridized carbons (Fsp3) is 0.333. The molecule has 0 aliphatic rings. The number of nitrogens with one attached hydrogen (secondary N) is 1. The molecule has 0 aliphatic heterocycles. The Bertz CT molecular complexity index is 752. The maximum Gasteiger partial charge on any atom is 0.261 e. The van der Waals surface area contributed by atoms with Crippen LogP contribution in [0.3, 0.4) is 0 Å². The molecule has 27 heavy (non-hydrogen) atoms. The van der Waals surface area contributed by atoms with Gasteiger partial charge in [-0.3, -0.25) is 9.59 Å². The van der Waals surface area contributed by atoms with Crippen LogP contribution in [0.4, 0.5) is 0 Å². The normalized spacial score (nSPS) is 11.5. The second kappa shape index (κ2) is 10.6. The average Bonchev–Trinajstić information content (AvgIpc) is 2.68. The number of halogens is 1. The Balaban J connectivity index is 2.20. The van der Waals surface area contributed by atoms with Crippen LogP contribution in [0.5, 0.6) is 5.75 Å². The second-order valence-corrected chi connectivity index (χ2v) is 6.44. The molecule has 0 saturated carbocycles. The van der Waals surface area contributed by atoms with E-state index in [9.17, 15) is 9.59 Å². The summed E-state index contributed by atoms with van der Waals surface area (Å²) in [6.45, 7) is 4.33. The van der Waals surface area contributed by atoms with Gasteiger partial charge in [-0.2, -0.15) is 0 Å². The van der Waals surface area contributed by atoms with Crippen LogP contribution in [-0.4, -0.2) is 35.9 Å². The molecule has 0 heterocycles. The first kappa shape index (κ1) is 20.8. The summed E-state index contributed by atoms with van der Waals surface area (Å²) in [6, 6.07) is 15.8. The summed E-state index contributed by atoms with van der Waals surface area (Å²) in [4.78, 5) is 26.9. The van der Waals surface area contributed by atoms with Crippen LogP contribution in [0.2, 0.25) is 5.02 Å². The number of hydrogen-bond acceptors (Lipinski definition) is 3. The predicted molar refractivity (Wildman–Crippen MR) is 107 cm³/mol. The molecule has 2 rings (SSSR count). The molecule has 0 aliphatic carbocycles. The third-order valence-corrected chi connectivity index (χ3v) is 4.51. The van der Waals surface area contributed by atoms with Crippen molar-refractivity contribution in [3.63, 3.8) is 0 Å². The number of carbonyl (C=O) groups excluding carboxylic acids is 2. The van der Waals surface area contributed by atoms with E-state index in [0.717, 1.165) is 5.56 Å². The standard InChI is InChI=1S/C21H25ClN2O3/c1-3-19(21(26)23-4-2)24(14-16-10-8-9-13-18(16)22)20(25)15-27-17-11-6-5-7-12-17/h5-13,19H,3-4,14-15H2,1-2H3,(H,23,26). The zero-order valence-electron chi connectivity index (χ0n) is 15.7. The maximum absolute atomic E-state index is 12.9. The Hall–Kier alpha value is -2.53. The van der Waals surface area contributed by atoms with Crippen molar-refractivity contribution in [2.75, 3.05) is 13.2 Å². The van der Waals surface area contributed by atoms with Crippen molar-refractivity contribution in [2.24, 2.45) is 0 Å². The highest BCUT2D eigenvalue weighted by atomic mass is 35.5. The number of likely N-dealkylation sites (N-methyl/N-ethyl adjacent to an activating group) is 1. The Labute approximate surface area is 165 Å². The topological polar surface area (TPSA) is 58.6 Å². The molecule has 0 radical (unpaired) electrons. The minimum atomic E-state index is -0.590. The van der Waals surface area contributed by atoms with E-state index in [1.807, 2.05) is 50.2 Å². The number of carbonyl (C=O) groups is 2. The van der Waals surface area contributed by atoms with Gasteiger partial charge in [0.1, 0.15) is 11.8 Å². The molecule has 1 unspecified atom stereocenters. The SMILES string of the molecule is CCNC(=O)C(CC)N(Cc1ccccc1Cl)C(=O)COc1ccccc1. The monoisotopic (exact) mass is 388 g/mol. The Kier molecular flexibility index (Phi) is 8.14. The average molecular weight is 389 g/mol. The Morgan fingerprint density at radius 1 is 1.07 bits per heavy atom. The summed E-state index contributed by atoms with van der Waals surface area (Å²) >= 11 is 6.26. The molecule has 5 nitrogen and oxygen atoms in total. The number of rotatable bonds is 9. The van der Waals surface area contributed by atoms with E-state index < -0.39 is 6.04 Å². The van der Waals surface area contributed by atoms with Crippen LogP contribution in [0, 0.1) is 0 Å². The van der Waals surface area contributed by atoms with Crippen LogP contribution in [0.1, 0.15) is 25.8 Å². The summed E-state index contributed by atoms with van der Waals surface area (Å²) in [6.07, 6.45) is 0.493. The van der Waals surface area contributed by atoms with Crippen molar-refractivity contribution < 1.29 is 14.3 Å². The molecular weight excluding hydrogens is 364 g/mol. The Morgan fingerprint density at radius 3 is 2.37 bits per heavy atom. The molecular formula is C21H25ClN2O3. The van der Waals surface area contributed by atoms with Gasteiger partial charge in [0, 0.05) is 18.1 Å². The molecule has 0 fully saturated rings. The van der Waals surface area contributed by atoms with Gasteiger partial charge in [-0.1, -0.05) is 54.9 Å². The van der Waals surface area contributed by atoms with Crippen molar-refractivity contribution in [2.45, 2.75) is 32.9 Å². The lowest BCUT2D eigenvalue weighted by molar-refractivity contribution is -0.142. The molecule has 2 amide bonds. The lowest BCUT2D eigenvalue weighted by Crippen LogP contribution is -2.50. The summed E-state index contributed by atoms with van der Waals surface area (Å²) in [5.74, 6) is 0.159. The second-order valence-electron chi connectivity index (χ2n) is 6.03. The van der Waals surface area contributed by atoms with Gasteiger partial charge in [0.15, 0.2) is 6.61 Å². The molecule has 0 saturated heterocycles. The van der Waals surface area contributed by atoms with Gasteiger partial charge in [0.05, 0.1) is 0 Å². The van der Waals surface area contributed by atoms with Crippen molar-refractivity contribution in [3.8, 4) is 5.75 Å². The van der Waals surface area contributed by atoms with E-state index in [1.165, 1.54) is 4.90 Å². The minimum absolute atomic E-state index is 0.148. The number of hydrogen-bond donors (Lipinski definition) is 1. The lowest BCUT2D eigenvalue weighted by atomic mass is 10.1. The molecule has 6 heteroatoms. The third kappa shape index (κ3) is 6.00. The fourth-order valence-corrected chi connectivity index (χ4v) is 2.96. The van der Waals surface area contributed by atoms with E-state index in [-0.39, 0.29) is 25.0 Å². The highest BCUT2D eigenvalue weighted by molar-refractivity contribution is 6.31. The van der Waals surface area contributed by atoms with Gasteiger partial charge in [0.25, 0.3) is 5.91 Å². The predicted octanol–water partition coefficient (Wildman–Crippen LogP) is 3.66. The first-order valence-corrected chi connectivity index (χ1v) is 9.43. The smallest absolute Gasteiger partial charge is 0.261 e. The summed E-state index contributed by atoms with van der Waals surface area (Å²) in [5, 5.41) is 3.36. The number of benzene rings is 2. The van der Waals surface area contributed by atoms with Crippen LogP contribution in [-0.2, 0) is 16.1 Å². The third-order valence-electron chi connectivity index (χ3n) is 4.14. The van der Waals surface area contributed by atoms with Gasteiger partial charge >= 0.3 is 0 Å². The quantitative estimate of drug-likeness (QED) is 0.713. The van der Waals surface area contributed by atoms with E-state index in [2.05, 4.69) is 5.32 Å². The van der Waals surface area contributed by atoms with E-state index >= 15 is 0 Å². The number of para-hydroxylation sites is 1. The summed E-state index contributed by atoms with van der Waals surface area (Å²) in [7, 11) is 0. The molecule has 1 atom stereocenters. The van der Waals surface area contributed by atoms with Gasteiger partial charge in [0.2, 0.25) is 5.91 Å². The van der Waals surface area contributed by atoms with Crippen LogP contribution in [0.25, 0.3) is 0 Å². The molecule has 2 aromatic carbocycles. The van der Waals surface area contributed by atoms with Gasteiger partial charge in [-0.15, -0.1) is 0 Å². The zero-order valence-corrected chi connectivity index (χ0v) is 16.4. The maximum atomic E-state index is 12.9. The molecule has 0 aromatic heterocycles. The van der Waals surface area contributed by atoms with Crippen molar-refractivity contribution >= 4 is 23.4 Å². The number of ether oxygens (including phenoxy) is 1. The largest absolute Gasteiger partial charge is 0.484 e. The summed E-state index contributed by atoms with van der Waals surface area (Å²) < 4.78 is 5.60. The molecule has 1 N–H and O–H groups in total. The highest BCUT2D eigenvalue weighted by Gasteiger charge is 2.29. The first-order valence-electron chi connectivity index (χ1n) is 9.05. The molecule has 0 bridgehead atoms. The molecule has 0 spiro atoms. The van der Waals surface area contributed by atoms with E-state index in [1.54, 1.807) is 18.2 Å². The first-order chi connectivity index (χ1) is 13.1. The Morgan fingerprint density at radius 2 is 1.74 bits per heavy atom. The van der Waals surface area contributed by atoms with Gasteiger partial charge in [-0.25, -0.2) is 0 Å². The zero-order chi connectivity index (χ0) is 19.6. The van der Waals surface area contributed by atoms with Crippen LogP contribution >= 0.6 is 11.6 Å². The highest BCUT2D eigenvalue weighted by Crippen LogP contribution is 2.20. The van der Waals surface area contributed by atoms with Gasteiger partial charge < -0.3 is 15.0 Å². The lowest BCUT2D eigenvalue weighted by Gasteiger charge is -2.30. The van der Waals surface area contributed by atoms with Crippen molar-refractivity contribution in [1.29, 1.82) is 0 Å². The van der Waals surface area contributed by atoms with E-state index in [4.69, 9.17) is 16.3 Å². The summed E-state index contributed by atoms with van der Waals surface area (Å²) in [5.41, 5.74) is 0.787. The van der Waals surface area contributed by atoms with Gasteiger partial charge in [-0.05, 0) is 37.1 Å². The minimum Gasteiger partial charge on any atom is -0.484 e. The molecule has 144 valence electrons. The molecule has 2 aromatic rings. The van der Waals surface area contributed by atoms with E-state index in [0.29, 0.717) is 23.7 Å². The fourth-order valence-electron chi connectivity index (χ4n) is 2.77. The number of nitrogens with zero attached hydrogens (tertiary/aromatic N) is 1. The van der Waals surface area contributed by atoms with Crippen molar-refractivity contribution in [1.82, 2.24) is 10.2 Å². The van der Waals surface area contributed by atoms with Crippen LogP contribution in [0.15, 0.2) is 54.6 Å².